The quantitative estimate of drug-likeness (QED) is 0.889. The van der Waals surface area contributed by atoms with Crippen molar-refractivity contribution in [2.45, 2.75) is 13.0 Å². The van der Waals surface area contributed by atoms with E-state index in [4.69, 9.17) is 10.00 Å². The minimum absolute atomic E-state index is 0.0548. The standard InChI is InChI=1S/C15H15N3O/c1-12(15-7-2-3-9-17-15)18-13-5-4-6-14(11-13)19-10-8-16/h2-7,9,11-12,18H,10H2,1H3. The molecule has 1 unspecified atom stereocenters. The Morgan fingerprint density at radius 1 is 1.32 bits per heavy atom. The van der Waals surface area contributed by atoms with E-state index in [2.05, 4.69) is 10.3 Å². The molecule has 0 saturated carbocycles. The Bertz CT molecular complexity index is 563. The van der Waals surface area contributed by atoms with Crippen LogP contribution in [0.4, 0.5) is 5.69 Å². The van der Waals surface area contributed by atoms with Crippen LogP contribution in [0.2, 0.25) is 0 Å². The van der Waals surface area contributed by atoms with Gasteiger partial charge in [-0.3, -0.25) is 4.98 Å². The van der Waals surface area contributed by atoms with Crippen molar-refractivity contribution in [1.29, 1.82) is 5.26 Å². The Kier molecular flexibility index (Phi) is 4.35. The van der Waals surface area contributed by atoms with Crippen molar-refractivity contribution < 1.29 is 4.74 Å². The van der Waals surface area contributed by atoms with E-state index in [1.54, 1.807) is 6.20 Å². The smallest absolute Gasteiger partial charge is 0.174 e. The van der Waals surface area contributed by atoms with E-state index in [1.165, 1.54) is 0 Å². The third-order valence-corrected chi connectivity index (χ3v) is 2.65. The molecule has 4 nitrogen and oxygen atoms in total. The van der Waals surface area contributed by atoms with Crippen LogP contribution in [0.25, 0.3) is 0 Å². The summed E-state index contributed by atoms with van der Waals surface area (Å²) < 4.78 is 5.27. The molecule has 0 spiro atoms. The molecule has 0 amide bonds. The fraction of sp³-hybridized carbons (Fsp3) is 0.200. The molecule has 1 heterocycles. The minimum atomic E-state index is 0.0548. The van der Waals surface area contributed by atoms with E-state index in [1.807, 2.05) is 55.5 Å². The van der Waals surface area contributed by atoms with Gasteiger partial charge in [0, 0.05) is 18.0 Å². The van der Waals surface area contributed by atoms with Crippen LogP contribution in [0.1, 0.15) is 18.7 Å². The summed E-state index contributed by atoms with van der Waals surface area (Å²) in [4.78, 5) is 4.31. The highest BCUT2D eigenvalue weighted by Crippen LogP contribution is 2.21. The Balaban J connectivity index is 2.05. The minimum Gasteiger partial charge on any atom is -0.479 e. The number of ether oxygens (including phenoxy) is 1. The highest BCUT2D eigenvalue weighted by atomic mass is 16.5. The predicted octanol–water partition coefficient (Wildman–Crippen LogP) is 3.16. The maximum absolute atomic E-state index is 8.49. The second-order valence-corrected chi connectivity index (χ2v) is 4.10. The van der Waals surface area contributed by atoms with E-state index in [0.717, 1.165) is 11.4 Å². The van der Waals surface area contributed by atoms with Crippen molar-refractivity contribution in [3.63, 3.8) is 0 Å². The van der Waals surface area contributed by atoms with E-state index >= 15 is 0 Å². The van der Waals surface area contributed by atoms with E-state index in [-0.39, 0.29) is 12.6 Å². The highest BCUT2D eigenvalue weighted by Gasteiger charge is 2.06. The fourth-order valence-electron chi connectivity index (χ4n) is 1.75. The molecule has 0 aliphatic heterocycles. The molecule has 0 radical (unpaired) electrons. The van der Waals surface area contributed by atoms with Gasteiger partial charge >= 0.3 is 0 Å². The number of nitrogens with zero attached hydrogens (tertiary/aromatic N) is 2. The Labute approximate surface area is 112 Å². The lowest BCUT2D eigenvalue weighted by Gasteiger charge is -2.15. The topological polar surface area (TPSA) is 57.9 Å². The zero-order valence-corrected chi connectivity index (χ0v) is 10.7. The zero-order chi connectivity index (χ0) is 13.5. The van der Waals surface area contributed by atoms with Gasteiger partial charge in [0.15, 0.2) is 6.61 Å². The number of aromatic nitrogens is 1. The van der Waals surface area contributed by atoms with Crippen molar-refractivity contribution in [3.05, 3.63) is 54.4 Å². The summed E-state index contributed by atoms with van der Waals surface area (Å²) in [6.45, 7) is 2.10. The summed E-state index contributed by atoms with van der Waals surface area (Å²) >= 11 is 0. The van der Waals surface area contributed by atoms with Crippen molar-refractivity contribution in [2.75, 3.05) is 11.9 Å². The lowest BCUT2D eigenvalue weighted by molar-refractivity contribution is 0.368. The summed E-state index contributed by atoms with van der Waals surface area (Å²) in [6, 6.07) is 15.4. The Hall–Kier alpha value is -2.54. The van der Waals surface area contributed by atoms with Crippen LogP contribution >= 0.6 is 0 Å². The van der Waals surface area contributed by atoms with Gasteiger partial charge in [0.05, 0.1) is 11.7 Å². The number of nitriles is 1. The average Bonchev–Trinajstić information content (AvgIpc) is 2.46. The molecule has 0 bridgehead atoms. The van der Waals surface area contributed by atoms with Gasteiger partial charge in [0.25, 0.3) is 0 Å². The van der Waals surface area contributed by atoms with E-state index < -0.39 is 0 Å². The van der Waals surface area contributed by atoms with Gasteiger partial charge in [-0.1, -0.05) is 12.1 Å². The summed E-state index contributed by atoms with van der Waals surface area (Å²) in [7, 11) is 0. The lowest BCUT2D eigenvalue weighted by Crippen LogP contribution is -2.08. The van der Waals surface area contributed by atoms with Crippen LogP contribution in [0.5, 0.6) is 5.75 Å². The van der Waals surface area contributed by atoms with Crippen LogP contribution in [0.3, 0.4) is 0 Å². The molecule has 0 aliphatic carbocycles. The molecule has 4 heteroatoms. The van der Waals surface area contributed by atoms with Crippen LogP contribution < -0.4 is 10.1 Å². The first-order chi connectivity index (χ1) is 9.29. The largest absolute Gasteiger partial charge is 0.479 e. The summed E-state index contributed by atoms with van der Waals surface area (Å²) in [5.41, 5.74) is 1.92. The van der Waals surface area contributed by atoms with Gasteiger partial charge in [-0.05, 0) is 31.2 Å². The Morgan fingerprint density at radius 2 is 2.21 bits per heavy atom. The second kappa shape index (κ2) is 6.41. The molecule has 19 heavy (non-hydrogen) atoms. The maximum Gasteiger partial charge on any atom is 0.174 e. The fourth-order valence-corrected chi connectivity index (χ4v) is 1.75. The summed E-state index contributed by atoms with van der Waals surface area (Å²) in [5, 5.41) is 11.8. The summed E-state index contributed by atoms with van der Waals surface area (Å²) in [5.74, 6) is 0.680. The normalized spacial score (nSPS) is 11.4. The molecule has 1 aromatic carbocycles. The number of benzene rings is 1. The van der Waals surface area contributed by atoms with Crippen LogP contribution in [0.15, 0.2) is 48.7 Å². The molecule has 96 valence electrons. The highest BCUT2D eigenvalue weighted by molar-refractivity contribution is 5.49. The second-order valence-electron chi connectivity index (χ2n) is 4.10. The molecular formula is C15H15N3O. The molecular weight excluding hydrogens is 238 g/mol. The molecule has 2 aromatic rings. The van der Waals surface area contributed by atoms with Crippen LogP contribution in [-0.2, 0) is 0 Å². The van der Waals surface area contributed by atoms with Gasteiger partial charge in [0.2, 0.25) is 0 Å². The van der Waals surface area contributed by atoms with Crippen LogP contribution in [-0.4, -0.2) is 11.6 Å². The number of nitrogens with one attached hydrogen (secondary N) is 1. The number of anilines is 1. The van der Waals surface area contributed by atoms with Crippen molar-refractivity contribution in [2.24, 2.45) is 0 Å². The van der Waals surface area contributed by atoms with Crippen molar-refractivity contribution in [3.8, 4) is 11.8 Å². The zero-order valence-electron chi connectivity index (χ0n) is 10.7. The number of hydrogen-bond acceptors (Lipinski definition) is 4. The van der Waals surface area contributed by atoms with Crippen molar-refractivity contribution >= 4 is 5.69 Å². The van der Waals surface area contributed by atoms with Gasteiger partial charge in [-0.25, -0.2) is 0 Å². The predicted molar refractivity (Wildman–Crippen MR) is 73.8 cm³/mol. The van der Waals surface area contributed by atoms with Gasteiger partial charge in [-0.2, -0.15) is 5.26 Å². The molecule has 1 aromatic heterocycles. The maximum atomic E-state index is 8.49. The SMILES string of the molecule is CC(Nc1cccc(OCC#N)c1)c1ccccn1. The van der Waals surface area contributed by atoms with Gasteiger partial charge < -0.3 is 10.1 Å². The Morgan fingerprint density at radius 3 is 2.95 bits per heavy atom. The molecule has 1 atom stereocenters. The number of rotatable bonds is 5. The first kappa shape index (κ1) is 12.9. The molecule has 0 saturated heterocycles. The molecule has 1 N–H and O–H groups in total. The van der Waals surface area contributed by atoms with Crippen LogP contribution in [0, 0.1) is 11.3 Å². The molecule has 2 rings (SSSR count). The first-order valence-electron chi connectivity index (χ1n) is 6.07. The monoisotopic (exact) mass is 253 g/mol. The molecule has 0 fully saturated rings. The number of pyridine rings is 1. The van der Waals surface area contributed by atoms with E-state index in [9.17, 15) is 0 Å². The van der Waals surface area contributed by atoms with E-state index in [0.29, 0.717) is 5.75 Å². The molecule has 0 aliphatic rings. The third-order valence-electron chi connectivity index (χ3n) is 2.65. The lowest BCUT2D eigenvalue weighted by atomic mass is 10.2. The average molecular weight is 253 g/mol. The first-order valence-corrected chi connectivity index (χ1v) is 6.07. The third kappa shape index (κ3) is 3.71. The van der Waals surface area contributed by atoms with Gasteiger partial charge in [-0.15, -0.1) is 0 Å². The number of hydrogen-bond donors (Lipinski definition) is 1. The van der Waals surface area contributed by atoms with Crippen molar-refractivity contribution in [1.82, 2.24) is 4.98 Å². The van der Waals surface area contributed by atoms with Gasteiger partial charge in [0.1, 0.15) is 11.8 Å². The summed E-state index contributed by atoms with van der Waals surface area (Å²) in [6.07, 6.45) is 1.78.